The summed E-state index contributed by atoms with van der Waals surface area (Å²) in [5.41, 5.74) is 1.76. The predicted octanol–water partition coefficient (Wildman–Crippen LogP) is 2.94. The van der Waals surface area contributed by atoms with Gasteiger partial charge in [-0.3, -0.25) is 0 Å². The Morgan fingerprint density at radius 1 is 1.36 bits per heavy atom. The molecule has 1 aromatic rings. The molecule has 72 valence electrons. The Morgan fingerprint density at radius 2 is 2.07 bits per heavy atom. The van der Waals surface area contributed by atoms with Crippen molar-refractivity contribution in [3.05, 3.63) is 42.0 Å². The van der Waals surface area contributed by atoms with Crippen LogP contribution >= 0.6 is 0 Å². The SMILES string of the molecule is C/C=C/CCNc1ccc(C#N)cc1. The number of hydrogen-bond donors (Lipinski definition) is 1. The summed E-state index contributed by atoms with van der Waals surface area (Å²) in [6, 6.07) is 9.58. The monoisotopic (exact) mass is 186 g/mol. The van der Waals surface area contributed by atoms with Crippen molar-refractivity contribution in [1.82, 2.24) is 0 Å². The van der Waals surface area contributed by atoms with Gasteiger partial charge in [0.05, 0.1) is 11.6 Å². The van der Waals surface area contributed by atoms with Crippen LogP contribution in [0.15, 0.2) is 36.4 Å². The maximum absolute atomic E-state index is 8.59. The zero-order valence-corrected chi connectivity index (χ0v) is 8.33. The van der Waals surface area contributed by atoms with E-state index in [1.807, 2.05) is 37.3 Å². The molecule has 0 heterocycles. The second kappa shape index (κ2) is 5.82. The van der Waals surface area contributed by atoms with Crippen LogP contribution in [-0.2, 0) is 0 Å². The fraction of sp³-hybridized carbons (Fsp3) is 0.250. The maximum atomic E-state index is 8.59. The Balaban J connectivity index is 2.41. The first-order chi connectivity index (χ1) is 6.86. The maximum Gasteiger partial charge on any atom is 0.0991 e. The van der Waals surface area contributed by atoms with Crippen LogP contribution in [0.4, 0.5) is 5.69 Å². The van der Waals surface area contributed by atoms with Crippen molar-refractivity contribution in [2.75, 3.05) is 11.9 Å². The van der Waals surface area contributed by atoms with Crippen molar-refractivity contribution >= 4 is 5.69 Å². The average molecular weight is 186 g/mol. The van der Waals surface area contributed by atoms with Crippen molar-refractivity contribution in [1.29, 1.82) is 5.26 Å². The third kappa shape index (κ3) is 3.32. The molecule has 0 aromatic heterocycles. The summed E-state index contributed by atoms with van der Waals surface area (Å²) in [4.78, 5) is 0. The smallest absolute Gasteiger partial charge is 0.0991 e. The molecular formula is C12H14N2. The standard InChI is InChI=1S/C12H14N2/c1-2-3-4-9-14-12-7-5-11(10-13)6-8-12/h2-3,5-8,14H,4,9H2,1H3/b3-2+. The van der Waals surface area contributed by atoms with Gasteiger partial charge in [0.2, 0.25) is 0 Å². The minimum atomic E-state index is 0.698. The molecule has 0 saturated carbocycles. The number of hydrogen-bond acceptors (Lipinski definition) is 2. The number of anilines is 1. The van der Waals surface area contributed by atoms with E-state index in [1.54, 1.807) is 0 Å². The van der Waals surface area contributed by atoms with Gasteiger partial charge in [-0.05, 0) is 37.6 Å². The van der Waals surface area contributed by atoms with E-state index >= 15 is 0 Å². The van der Waals surface area contributed by atoms with Crippen molar-refractivity contribution in [2.45, 2.75) is 13.3 Å². The molecule has 0 saturated heterocycles. The molecule has 0 atom stereocenters. The van der Waals surface area contributed by atoms with Gasteiger partial charge in [0.25, 0.3) is 0 Å². The van der Waals surface area contributed by atoms with E-state index in [-0.39, 0.29) is 0 Å². The van der Waals surface area contributed by atoms with E-state index < -0.39 is 0 Å². The van der Waals surface area contributed by atoms with E-state index in [9.17, 15) is 0 Å². The molecule has 2 nitrogen and oxygen atoms in total. The molecule has 2 heteroatoms. The summed E-state index contributed by atoms with van der Waals surface area (Å²) in [7, 11) is 0. The Hall–Kier alpha value is -1.75. The van der Waals surface area contributed by atoms with Gasteiger partial charge in [0.1, 0.15) is 0 Å². The molecule has 0 aliphatic heterocycles. The van der Waals surface area contributed by atoms with Crippen molar-refractivity contribution in [3.63, 3.8) is 0 Å². The molecule has 1 rings (SSSR count). The first-order valence-electron chi connectivity index (χ1n) is 4.72. The number of nitrogens with zero attached hydrogens (tertiary/aromatic N) is 1. The Bertz CT molecular complexity index is 330. The lowest BCUT2D eigenvalue weighted by molar-refractivity contribution is 1.06. The predicted molar refractivity (Wildman–Crippen MR) is 59.1 cm³/mol. The van der Waals surface area contributed by atoms with Crippen LogP contribution in [-0.4, -0.2) is 6.54 Å². The summed E-state index contributed by atoms with van der Waals surface area (Å²) in [5, 5.41) is 11.9. The van der Waals surface area contributed by atoms with Gasteiger partial charge in [-0.2, -0.15) is 5.26 Å². The van der Waals surface area contributed by atoms with Crippen LogP contribution in [0.3, 0.4) is 0 Å². The Kier molecular flexibility index (Phi) is 4.30. The van der Waals surface area contributed by atoms with Crippen molar-refractivity contribution < 1.29 is 0 Å². The highest BCUT2D eigenvalue weighted by Gasteiger charge is 1.91. The molecule has 0 radical (unpaired) electrons. The van der Waals surface area contributed by atoms with E-state index in [2.05, 4.69) is 17.5 Å². The third-order valence-electron chi connectivity index (χ3n) is 1.89. The van der Waals surface area contributed by atoms with Crippen molar-refractivity contribution in [3.8, 4) is 6.07 Å². The fourth-order valence-electron chi connectivity index (χ4n) is 1.13. The molecule has 1 N–H and O–H groups in total. The molecule has 0 spiro atoms. The fourth-order valence-corrected chi connectivity index (χ4v) is 1.13. The summed E-state index contributed by atoms with van der Waals surface area (Å²) >= 11 is 0. The lowest BCUT2D eigenvalue weighted by Gasteiger charge is -2.03. The van der Waals surface area contributed by atoms with Gasteiger partial charge >= 0.3 is 0 Å². The molecule has 0 aliphatic carbocycles. The molecule has 0 unspecified atom stereocenters. The van der Waals surface area contributed by atoms with Gasteiger partial charge in [-0.25, -0.2) is 0 Å². The number of allylic oxidation sites excluding steroid dienone is 1. The summed E-state index contributed by atoms with van der Waals surface area (Å²) < 4.78 is 0. The quantitative estimate of drug-likeness (QED) is 0.579. The van der Waals surface area contributed by atoms with Crippen LogP contribution in [0.1, 0.15) is 18.9 Å². The number of benzene rings is 1. The Labute approximate surface area is 84.9 Å². The zero-order chi connectivity index (χ0) is 10.2. The third-order valence-corrected chi connectivity index (χ3v) is 1.89. The van der Waals surface area contributed by atoms with E-state index in [1.165, 1.54) is 0 Å². The van der Waals surface area contributed by atoms with E-state index in [0.717, 1.165) is 18.7 Å². The van der Waals surface area contributed by atoms with E-state index in [4.69, 9.17) is 5.26 Å². The molecule has 0 amide bonds. The van der Waals surface area contributed by atoms with E-state index in [0.29, 0.717) is 5.56 Å². The second-order valence-electron chi connectivity index (χ2n) is 2.97. The lowest BCUT2D eigenvalue weighted by atomic mass is 10.2. The van der Waals surface area contributed by atoms with Crippen LogP contribution < -0.4 is 5.32 Å². The lowest BCUT2D eigenvalue weighted by Crippen LogP contribution is -1.99. The summed E-state index contributed by atoms with van der Waals surface area (Å²) in [5.74, 6) is 0. The minimum Gasteiger partial charge on any atom is -0.385 e. The molecular weight excluding hydrogens is 172 g/mol. The molecule has 14 heavy (non-hydrogen) atoms. The van der Waals surface area contributed by atoms with Gasteiger partial charge in [0, 0.05) is 12.2 Å². The average Bonchev–Trinajstić information content (AvgIpc) is 2.25. The normalized spacial score (nSPS) is 10.0. The molecule has 1 aromatic carbocycles. The van der Waals surface area contributed by atoms with Gasteiger partial charge in [0.15, 0.2) is 0 Å². The Morgan fingerprint density at radius 3 is 2.64 bits per heavy atom. The first kappa shape index (κ1) is 10.3. The van der Waals surface area contributed by atoms with Crippen LogP contribution in [0, 0.1) is 11.3 Å². The number of nitriles is 1. The van der Waals surface area contributed by atoms with Crippen molar-refractivity contribution in [2.24, 2.45) is 0 Å². The molecule has 0 fully saturated rings. The van der Waals surface area contributed by atoms with Crippen LogP contribution in [0.2, 0.25) is 0 Å². The molecule has 0 bridgehead atoms. The highest BCUT2D eigenvalue weighted by molar-refractivity contribution is 5.47. The minimum absolute atomic E-state index is 0.698. The number of rotatable bonds is 4. The largest absolute Gasteiger partial charge is 0.385 e. The molecule has 0 aliphatic rings. The topological polar surface area (TPSA) is 35.8 Å². The second-order valence-corrected chi connectivity index (χ2v) is 2.97. The summed E-state index contributed by atoms with van der Waals surface area (Å²) in [6.45, 7) is 2.94. The van der Waals surface area contributed by atoms with Gasteiger partial charge in [-0.15, -0.1) is 0 Å². The first-order valence-corrected chi connectivity index (χ1v) is 4.72. The zero-order valence-electron chi connectivity index (χ0n) is 8.33. The summed E-state index contributed by atoms with van der Waals surface area (Å²) in [6.07, 6.45) is 5.19. The highest BCUT2D eigenvalue weighted by Crippen LogP contribution is 2.08. The number of nitrogens with one attached hydrogen (secondary N) is 1. The van der Waals surface area contributed by atoms with Crippen LogP contribution in [0.5, 0.6) is 0 Å². The van der Waals surface area contributed by atoms with Gasteiger partial charge in [-0.1, -0.05) is 12.2 Å². The highest BCUT2D eigenvalue weighted by atomic mass is 14.9. The van der Waals surface area contributed by atoms with Gasteiger partial charge < -0.3 is 5.32 Å². The van der Waals surface area contributed by atoms with Crippen LogP contribution in [0.25, 0.3) is 0 Å².